The first-order valence-corrected chi connectivity index (χ1v) is 9.15. The summed E-state index contributed by atoms with van der Waals surface area (Å²) in [5.74, 6) is 0.466. The van der Waals surface area contributed by atoms with E-state index in [1.165, 1.54) is 21.3 Å². The number of nitrogens with one attached hydrogen (secondary N) is 2. The molecule has 2 amide bonds. The normalized spacial score (nSPS) is 10.9. The second kappa shape index (κ2) is 8.86. The molecular formula is C22H28N2O5. The summed E-state index contributed by atoms with van der Waals surface area (Å²) in [6, 6.07) is 8.43. The number of hydrogen-bond donors (Lipinski definition) is 2. The van der Waals surface area contributed by atoms with Crippen LogP contribution in [0.5, 0.6) is 17.2 Å². The Labute approximate surface area is 171 Å². The van der Waals surface area contributed by atoms with Crippen molar-refractivity contribution in [3.05, 3.63) is 47.0 Å². The highest BCUT2D eigenvalue weighted by atomic mass is 16.5. The highest BCUT2D eigenvalue weighted by molar-refractivity contribution is 6.08. The van der Waals surface area contributed by atoms with E-state index in [4.69, 9.17) is 14.2 Å². The van der Waals surface area contributed by atoms with Crippen LogP contribution < -0.4 is 24.8 Å². The van der Waals surface area contributed by atoms with Gasteiger partial charge in [0.05, 0.1) is 26.9 Å². The smallest absolute Gasteiger partial charge is 0.259 e. The van der Waals surface area contributed by atoms with Gasteiger partial charge in [-0.1, -0.05) is 6.07 Å². The molecule has 0 aliphatic carbocycles. The Kier molecular flexibility index (Phi) is 6.74. The number of carbonyl (C=O) groups is 2. The summed E-state index contributed by atoms with van der Waals surface area (Å²) in [6.45, 7) is 7.53. The fraction of sp³-hybridized carbons (Fsp3) is 0.364. The van der Waals surface area contributed by atoms with E-state index in [9.17, 15) is 9.59 Å². The van der Waals surface area contributed by atoms with Crippen molar-refractivity contribution < 1.29 is 23.8 Å². The van der Waals surface area contributed by atoms with Crippen molar-refractivity contribution in [2.45, 2.75) is 33.2 Å². The minimum atomic E-state index is -0.390. The van der Waals surface area contributed by atoms with E-state index in [1.54, 1.807) is 37.3 Å². The van der Waals surface area contributed by atoms with E-state index in [2.05, 4.69) is 10.6 Å². The molecule has 7 heteroatoms. The van der Waals surface area contributed by atoms with Crippen LogP contribution in [0, 0.1) is 6.92 Å². The second-order valence-corrected chi connectivity index (χ2v) is 7.52. The van der Waals surface area contributed by atoms with Crippen LogP contribution in [0.1, 0.15) is 47.1 Å². The Morgan fingerprint density at radius 3 is 2.03 bits per heavy atom. The lowest BCUT2D eigenvalue weighted by molar-refractivity contribution is 0.0917. The molecule has 2 N–H and O–H groups in total. The number of methoxy groups -OCH3 is 3. The maximum absolute atomic E-state index is 12.9. The summed E-state index contributed by atoms with van der Waals surface area (Å²) in [7, 11) is 4.44. The van der Waals surface area contributed by atoms with E-state index in [-0.39, 0.29) is 28.7 Å². The molecular weight excluding hydrogens is 372 g/mol. The average molecular weight is 400 g/mol. The number of benzene rings is 2. The fourth-order valence-electron chi connectivity index (χ4n) is 2.89. The molecule has 0 spiro atoms. The van der Waals surface area contributed by atoms with Gasteiger partial charge < -0.3 is 24.8 Å². The summed E-state index contributed by atoms with van der Waals surface area (Å²) < 4.78 is 16.0. The standard InChI is InChI=1S/C22H28N2O5/c1-13-14(21(26)24-22(2,3)4)9-8-10-16(13)23-20(25)15-11-12-17(27-5)19(29-7)18(15)28-6/h8-12H,1-7H3,(H,23,25)(H,24,26). The van der Waals surface area contributed by atoms with Crippen molar-refractivity contribution in [3.63, 3.8) is 0 Å². The van der Waals surface area contributed by atoms with Crippen molar-refractivity contribution in [1.82, 2.24) is 5.32 Å². The van der Waals surface area contributed by atoms with Gasteiger partial charge in [-0.3, -0.25) is 9.59 Å². The Hall–Kier alpha value is -3.22. The highest BCUT2D eigenvalue weighted by Gasteiger charge is 2.22. The van der Waals surface area contributed by atoms with Gasteiger partial charge in [0.15, 0.2) is 11.5 Å². The molecule has 0 radical (unpaired) electrons. The Bertz CT molecular complexity index is 916. The summed E-state index contributed by atoms with van der Waals surface area (Å²) in [6.07, 6.45) is 0. The third-order valence-corrected chi connectivity index (χ3v) is 4.26. The molecule has 0 saturated heterocycles. The minimum Gasteiger partial charge on any atom is -0.493 e. The van der Waals surface area contributed by atoms with Crippen LogP contribution in [-0.4, -0.2) is 38.7 Å². The predicted octanol–water partition coefficient (Wildman–Crippen LogP) is 3.80. The van der Waals surface area contributed by atoms with E-state index >= 15 is 0 Å². The lowest BCUT2D eigenvalue weighted by Gasteiger charge is -2.22. The van der Waals surface area contributed by atoms with Crippen molar-refractivity contribution in [1.29, 1.82) is 0 Å². The molecule has 0 unspecified atom stereocenters. The van der Waals surface area contributed by atoms with Crippen LogP contribution in [0.25, 0.3) is 0 Å². The first-order valence-electron chi connectivity index (χ1n) is 9.15. The van der Waals surface area contributed by atoms with Gasteiger partial charge in [0.2, 0.25) is 5.75 Å². The van der Waals surface area contributed by atoms with Crippen LogP contribution in [0.2, 0.25) is 0 Å². The van der Waals surface area contributed by atoms with Gasteiger partial charge >= 0.3 is 0 Å². The number of hydrogen-bond acceptors (Lipinski definition) is 5. The molecule has 2 aromatic carbocycles. The molecule has 0 saturated carbocycles. The molecule has 2 aromatic rings. The van der Waals surface area contributed by atoms with E-state index in [0.29, 0.717) is 28.3 Å². The third-order valence-electron chi connectivity index (χ3n) is 4.26. The third kappa shape index (κ3) is 4.99. The lowest BCUT2D eigenvalue weighted by Crippen LogP contribution is -2.40. The quantitative estimate of drug-likeness (QED) is 0.770. The molecule has 2 rings (SSSR count). The van der Waals surface area contributed by atoms with Gasteiger partial charge in [-0.25, -0.2) is 0 Å². The SMILES string of the molecule is COc1ccc(C(=O)Nc2cccc(C(=O)NC(C)(C)C)c2C)c(OC)c1OC. The van der Waals surface area contributed by atoms with Gasteiger partial charge in [0.25, 0.3) is 11.8 Å². The van der Waals surface area contributed by atoms with Gasteiger partial charge in [-0.15, -0.1) is 0 Å². The zero-order valence-electron chi connectivity index (χ0n) is 17.9. The fourth-order valence-corrected chi connectivity index (χ4v) is 2.89. The van der Waals surface area contributed by atoms with E-state index in [1.807, 2.05) is 20.8 Å². The number of carbonyl (C=O) groups excluding carboxylic acids is 2. The van der Waals surface area contributed by atoms with Crippen LogP contribution >= 0.6 is 0 Å². The largest absolute Gasteiger partial charge is 0.493 e. The number of ether oxygens (including phenoxy) is 3. The molecule has 0 aromatic heterocycles. The van der Waals surface area contributed by atoms with Gasteiger partial charge in [0.1, 0.15) is 0 Å². The Morgan fingerprint density at radius 1 is 0.828 bits per heavy atom. The van der Waals surface area contributed by atoms with E-state index in [0.717, 1.165) is 0 Å². The zero-order valence-corrected chi connectivity index (χ0v) is 17.9. The van der Waals surface area contributed by atoms with Crippen LogP contribution in [0.3, 0.4) is 0 Å². The van der Waals surface area contributed by atoms with Gasteiger partial charge in [-0.05, 0) is 57.5 Å². The molecule has 0 aliphatic rings. The first kappa shape index (κ1) is 22.1. The Morgan fingerprint density at radius 2 is 1.48 bits per heavy atom. The molecule has 0 atom stereocenters. The number of amides is 2. The summed E-state index contributed by atoms with van der Waals surface area (Å²) >= 11 is 0. The molecule has 156 valence electrons. The first-order chi connectivity index (χ1) is 13.6. The lowest BCUT2D eigenvalue weighted by atomic mass is 10.0. The van der Waals surface area contributed by atoms with Crippen LogP contribution in [-0.2, 0) is 0 Å². The Balaban J connectivity index is 2.37. The van der Waals surface area contributed by atoms with Crippen LogP contribution in [0.15, 0.2) is 30.3 Å². The summed E-state index contributed by atoms with van der Waals surface area (Å²) in [4.78, 5) is 25.5. The number of anilines is 1. The van der Waals surface area contributed by atoms with Crippen LogP contribution in [0.4, 0.5) is 5.69 Å². The zero-order chi connectivity index (χ0) is 21.8. The summed E-state index contributed by atoms with van der Waals surface area (Å²) in [5.41, 5.74) is 1.62. The highest BCUT2D eigenvalue weighted by Crippen LogP contribution is 2.40. The topological polar surface area (TPSA) is 85.9 Å². The van der Waals surface area contributed by atoms with Crippen molar-refractivity contribution in [2.75, 3.05) is 26.6 Å². The molecule has 0 heterocycles. The van der Waals surface area contributed by atoms with Crippen molar-refractivity contribution in [3.8, 4) is 17.2 Å². The monoisotopic (exact) mass is 400 g/mol. The van der Waals surface area contributed by atoms with Gasteiger partial charge in [-0.2, -0.15) is 0 Å². The predicted molar refractivity (Wildman–Crippen MR) is 112 cm³/mol. The molecule has 29 heavy (non-hydrogen) atoms. The average Bonchev–Trinajstić information content (AvgIpc) is 2.66. The number of rotatable bonds is 6. The summed E-state index contributed by atoms with van der Waals surface area (Å²) in [5, 5.41) is 5.79. The van der Waals surface area contributed by atoms with Gasteiger partial charge in [0, 0.05) is 16.8 Å². The van der Waals surface area contributed by atoms with Crippen molar-refractivity contribution in [2.24, 2.45) is 0 Å². The second-order valence-electron chi connectivity index (χ2n) is 7.52. The van der Waals surface area contributed by atoms with E-state index < -0.39 is 0 Å². The maximum atomic E-state index is 12.9. The molecule has 0 fully saturated rings. The minimum absolute atomic E-state index is 0.199. The molecule has 0 aliphatic heterocycles. The molecule has 7 nitrogen and oxygen atoms in total. The molecule has 0 bridgehead atoms. The maximum Gasteiger partial charge on any atom is 0.259 e. The van der Waals surface area contributed by atoms with Crippen molar-refractivity contribution >= 4 is 17.5 Å².